The van der Waals surface area contributed by atoms with Gasteiger partial charge in [-0.25, -0.2) is 0 Å². The molecule has 0 bridgehead atoms. The zero-order valence-electron chi connectivity index (χ0n) is 15.6. The Hall–Kier alpha value is -3.05. The van der Waals surface area contributed by atoms with Gasteiger partial charge < -0.3 is 15.2 Å². The first-order valence-electron chi connectivity index (χ1n) is 9.03. The highest BCUT2D eigenvalue weighted by Gasteiger charge is 2.17. The van der Waals surface area contributed by atoms with Crippen molar-refractivity contribution in [1.29, 1.82) is 0 Å². The molecule has 0 fully saturated rings. The zero-order valence-corrected chi connectivity index (χ0v) is 16.3. The van der Waals surface area contributed by atoms with Crippen LogP contribution in [-0.2, 0) is 16.1 Å². The van der Waals surface area contributed by atoms with Crippen LogP contribution in [0.2, 0.25) is 5.02 Å². The molecular weight excluding hydrogens is 374 g/mol. The quantitative estimate of drug-likeness (QED) is 0.596. The fraction of sp³-hybridized carbons (Fsp3) is 0.182. The molecular formula is C22H22ClN3O2. The summed E-state index contributed by atoms with van der Waals surface area (Å²) in [6, 6.07) is 18.6. The van der Waals surface area contributed by atoms with Crippen molar-refractivity contribution >= 4 is 34.8 Å². The van der Waals surface area contributed by atoms with E-state index >= 15 is 0 Å². The molecule has 0 aliphatic carbocycles. The summed E-state index contributed by atoms with van der Waals surface area (Å²) in [5.41, 5.74) is 2.35. The van der Waals surface area contributed by atoms with Crippen LogP contribution in [0.3, 0.4) is 0 Å². The van der Waals surface area contributed by atoms with Gasteiger partial charge in [-0.15, -0.1) is 0 Å². The number of rotatable bonds is 7. The molecule has 1 heterocycles. The number of anilines is 2. The van der Waals surface area contributed by atoms with Crippen molar-refractivity contribution in [1.82, 2.24) is 4.57 Å². The van der Waals surface area contributed by atoms with Crippen molar-refractivity contribution < 1.29 is 9.59 Å². The second-order valence-electron chi connectivity index (χ2n) is 6.64. The Balaban J connectivity index is 1.72. The van der Waals surface area contributed by atoms with Crippen molar-refractivity contribution in [2.75, 3.05) is 10.6 Å². The first-order valence-corrected chi connectivity index (χ1v) is 9.41. The average molecular weight is 396 g/mol. The highest BCUT2D eigenvalue weighted by molar-refractivity contribution is 6.30. The maximum absolute atomic E-state index is 12.7. The third-order valence-electron chi connectivity index (χ3n) is 4.34. The predicted octanol–water partition coefficient (Wildman–Crippen LogP) is 4.91. The Morgan fingerprint density at radius 2 is 1.61 bits per heavy atom. The number of amides is 2. The fourth-order valence-electron chi connectivity index (χ4n) is 3.08. The van der Waals surface area contributed by atoms with Gasteiger partial charge in [0.05, 0.1) is 0 Å². The molecule has 1 atom stereocenters. The normalized spacial score (nSPS) is 11.6. The van der Waals surface area contributed by atoms with Crippen LogP contribution in [0.25, 0.3) is 0 Å². The van der Waals surface area contributed by atoms with Crippen molar-refractivity contribution in [2.45, 2.75) is 25.8 Å². The molecule has 2 amide bonds. The van der Waals surface area contributed by atoms with E-state index in [1.165, 1.54) is 6.92 Å². The number of nitrogens with zero attached hydrogens (tertiary/aromatic N) is 1. The van der Waals surface area contributed by atoms with Gasteiger partial charge >= 0.3 is 0 Å². The van der Waals surface area contributed by atoms with E-state index in [0.717, 1.165) is 5.56 Å². The van der Waals surface area contributed by atoms with Crippen LogP contribution in [-0.4, -0.2) is 16.4 Å². The Labute approximate surface area is 169 Å². The van der Waals surface area contributed by atoms with Gasteiger partial charge in [-0.05, 0) is 48.0 Å². The molecule has 28 heavy (non-hydrogen) atoms. The minimum atomic E-state index is -0.155. The topological polar surface area (TPSA) is 63.1 Å². The smallest absolute Gasteiger partial charge is 0.225 e. The van der Waals surface area contributed by atoms with Gasteiger partial charge in [-0.1, -0.05) is 29.8 Å². The van der Waals surface area contributed by atoms with E-state index in [0.29, 0.717) is 29.4 Å². The highest BCUT2D eigenvalue weighted by Crippen LogP contribution is 2.25. The molecule has 1 unspecified atom stereocenters. The lowest BCUT2D eigenvalue weighted by atomic mass is 9.95. The molecule has 2 N–H and O–H groups in total. The highest BCUT2D eigenvalue weighted by atomic mass is 35.5. The van der Waals surface area contributed by atoms with E-state index < -0.39 is 0 Å². The lowest BCUT2D eigenvalue weighted by Gasteiger charge is -2.18. The van der Waals surface area contributed by atoms with Crippen LogP contribution in [0.1, 0.15) is 24.8 Å². The molecule has 0 aliphatic heterocycles. The lowest BCUT2D eigenvalue weighted by Crippen LogP contribution is -2.19. The Morgan fingerprint density at radius 3 is 2.25 bits per heavy atom. The van der Waals surface area contributed by atoms with Crippen LogP contribution in [0, 0.1) is 0 Å². The number of aromatic nitrogens is 1. The predicted molar refractivity (Wildman–Crippen MR) is 113 cm³/mol. The maximum atomic E-state index is 12.7. The number of nitrogens with one attached hydrogen (secondary N) is 2. The molecule has 0 saturated heterocycles. The molecule has 1 aromatic heterocycles. The minimum Gasteiger partial charge on any atom is -0.354 e. The number of carbonyl (C=O) groups excluding carboxylic acids is 2. The van der Waals surface area contributed by atoms with Gasteiger partial charge in [0.2, 0.25) is 11.8 Å². The van der Waals surface area contributed by atoms with Gasteiger partial charge in [0, 0.05) is 54.6 Å². The maximum Gasteiger partial charge on any atom is 0.225 e. The monoisotopic (exact) mass is 395 g/mol. The van der Waals surface area contributed by atoms with Crippen LogP contribution in [0.4, 0.5) is 11.4 Å². The molecule has 0 aliphatic rings. The van der Waals surface area contributed by atoms with Gasteiger partial charge in [0.25, 0.3) is 0 Å². The van der Waals surface area contributed by atoms with E-state index in [1.807, 2.05) is 48.8 Å². The van der Waals surface area contributed by atoms with Crippen molar-refractivity contribution in [3.8, 4) is 0 Å². The summed E-state index contributed by atoms with van der Waals surface area (Å²) in [5.74, 6) is -0.242. The first-order chi connectivity index (χ1) is 13.5. The van der Waals surface area contributed by atoms with Crippen molar-refractivity contribution in [2.24, 2.45) is 0 Å². The van der Waals surface area contributed by atoms with Crippen molar-refractivity contribution in [3.63, 3.8) is 0 Å². The third kappa shape index (κ3) is 5.72. The summed E-state index contributed by atoms with van der Waals surface area (Å²) in [7, 11) is 0. The second kappa shape index (κ2) is 9.24. The Bertz CT molecular complexity index is 937. The van der Waals surface area contributed by atoms with Gasteiger partial charge in [0.15, 0.2) is 0 Å². The van der Waals surface area contributed by atoms with E-state index in [2.05, 4.69) is 15.2 Å². The summed E-state index contributed by atoms with van der Waals surface area (Å²) in [6.45, 7) is 2.14. The molecule has 3 aromatic rings. The molecule has 0 spiro atoms. The molecule has 0 saturated carbocycles. The summed E-state index contributed by atoms with van der Waals surface area (Å²) < 4.78 is 2.06. The molecule has 3 rings (SSSR count). The van der Waals surface area contributed by atoms with Gasteiger partial charge in [-0.2, -0.15) is 0 Å². The average Bonchev–Trinajstić information content (AvgIpc) is 3.14. The van der Waals surface area contributed by atoms with Gasteiger partial charge in [0.1, 0.15) is 0 Å². The van der Waals surface area contributed by atoms with E-state index in [1.54, 1.807) is 24.3 Å². The minimum absolute atomic E-state index is 0.00296. The van der Waals surface area contributed by atoms with Crippen LogP contribution < -0.4 is 10.6 Å². The summed E-state index contributed by atoms with van der Waals surface area (Å²) in [5, 5.41) is 6.30. The number of hydrogen-bond acceptors (Lipinski definition) is 2. The van der Waals surface area contributed by atoms with Crippen LogP contribution >= 0.6 is 11.6 Å². The molecule has 6 heteroatoms. The van der Waals surface area contributed by atoms with E-state index in [9.17, 15) is 9.59 Å². The molecule has 5 nitrogen and oxygen atoms in total. The SMILES string of the molecule is CC(=O)Nc1cccc(NC(=O)CC(Cn2cccc2)c2ccc(Cl)cc2)c1. The molecule has 144 valence electrons. The second-order valence-corrected chi connectivity index (χ2v) is 7.08. The third-order valence-corrected chi connectivity index (χ3v) is 4.59. The number of hydrogen-bond donors (Lipinski definition) is 2. The van der Waals surface area contributed by atoms with Crippen molar-refractivity contribution in [3.05, 3.63) is 83.6 Å². The van der Waals surface area contributed by atoms with Crippen LogP contribution in [0.15, 0.2) is 73.1 Å². The summed E-state index contributed by atoms with van der Waals surface area (Å²) in [4.78, 5) is 23.9. The van der Waals surface area contributed by atoms with Crippen LogP contribution in [0.5, 0.6) is 0 Å². The van der Waals surface area contributed by atoms with E-state index in [4.69, 9.17) is 11.6 Å². The number of carbonyl (C=O) groups is 2. The fourth-order valence-corrected chi connectivity index (χ4v) is 3.21. The lowest BCUT2D eigenvalue weighted by molar-refractivity contribution is -0.116. The number of halogens is 1. The number of benzene rings is 2. The Kier molecular flexibility index (Phi) is 6.50. The molecule has 2 aromatic carbocycles. The summed E-state index contributed by atoms with van der Waals surface area (Å²) >= 11 is 6.01. The zero-order chi connectivity index (χ0) is 19.9. The van der Waals surface area contributed by atoms with Gasteiger partial charge in [-0.3, -0.25) is 9.59 Å². The molecule has 0 radical (unpaired) electrons. The largest absolute Gasteiger partial charge is 0.354 e. The standard InChI is InChI=1S/C22H22ClN3O2/c1-16(27)24-20-5-4-6-21(14-20)25-22(28)13-18(15-26-11-2-3-12-26)17-7-9-19(23)10-8-17/h2-12,14,18H,13,15H2,1H3,(H,24,27)(H,25,28). The first kappa shape index (κ1) is 19.7. The summed E-state index contributed by atoms with van der Waals surface area (Å²) in [6.07, 6.45) is 4.29. The van der Waals surface area contributed by atoms with E-state index in [-0.39, 0.29) is 17.7 Å². The Morgan fingerprint density at radius 1 is 0.964 bits per heavy atom.